The topological polar surface area (TPSA) is 65.2 Å². The molecule has 0 aliphatic carbocycles. The number of hydrogen-bond donors (Lipinski definition) is 2. The van der Waals surface area contributed by atoms with E-state index in [4.69, 9.17) is 0 Å². The number of aromatic amines is 1. The summed E-state index contributed by atoms with van der Waals surface area (Å²) in [6, 6.07) is 5.56. The molecule has 0 radical (unpaired) electrons. The first-order valence-corrected chi connectivity index (χ1v) is 8.30. The van der Waals surface area contributed by atoms with Crippen molar-refractivity contribution in [2.45, 2.75) is 18.8 Å². The van der Waals surface area contributed by atoms with E-state index in [-0.39, 0.29) is 17.7 Å². The highest BCUT2D eigenvalue weighted by atomic mass is 32.1. The number of rotatable bonds is 3. The highest BCUT2D eigenvalue weighted by molar-refractivity contribution is 7.12. The fourth-order valence-corrected chi connectivity index (χ4v) is 3.70. The van der Waals surface area contributed by atoms with Gasteiger partial charge in [-0.05, 0) is 30.4 Å². The number of nitrogens with one attached hydrogen (secondary N) is 2. The van der Waals surface area contributed by atoms with Crippen molar-refractivity contribution in [3.05, 3.63) is 45.9 Å². The molecule has 1 aliphatic rings. The second-order valence-corrected chi connectivity index (χ2v) is 6.40. The molecule has 3 heterocycles. The Labute approximate surface area is 133 Å². The van der Waals surface area contributed by atoms with Crippen molar-refractivity contribution in [3.8, 4) is 0 Å². The van der Waals surface area contributed by atoms with Crippen LogP contribution in [-0.4, -0.2) is 41.8 Å². The molecule has 1 saturated heterocycles. The minimum absolute atomic E-state index is 0.0852. The zero-order valence-corrected chi connectivity index (χ0v) is 13.3. The molecule has 0 saturated carbocycles. The third-order valence-corrected chi connectivity index (χ3v) is 4.96. The van der Waals surface area contributed by atoms with Crippen LogP contribution in [0.4, 0.5) is 0 Å². The van der Waals surface area contributed by atoms with Crippen LogP contribution in [0, 0.1) is 0 Å². The summed E-state index contributed by atoms with van der Waals surface area (Å²) in [7, 11) is 1.63. The van der Waals surface area contributed by atoms with Crippen LogP contribution in [0.1, 0.15) is 44.5 Å². The number of carbonyl (C=O) groups is 2. The van der Waals surface area contributed by atoms with E-state index in [1.165, 1.54) is 11.3 Å². The molecule has 2 amide bonds. The maximum absolute atomic E-state index is 12.5. The second kappa shape index (κ2) is 6.36. The van der Waals surface area contributed by atoms with E-state index in [2.05, 4.69) is 10.3 Å². The van der Waals surface area contributed by atoms with Crippen molar-refractivity contribution < 1.29 is 9.59 Å². The van der Waals surface area contributed by atoms with Crippen LogP contribution in [0.3, 0.4) is 0 Å². The fraction of sp³-hybridized carbons (Fsp3) is 0.375. The minimum atomic E-state index is -0.0852. The van der Waals surface area contributed by atoms with Crippen LogP contribution in [-0.2, 0) is 0 Å². The van der Waals surface area contributed by atoms with Crippen LogP contribution in [0.2, 0.25) is 0 Å². The summed E-state index contributed by atoms with van der Waals surface area (Å²) < 4.78 is 0. The summed E-state index contributed by atoms with van der Waals surface area (Å²) in [6.07, 6.45) is 3.73. The molecule has 1 unspecified atom stereocenters. The summed E-state index contributed by atoms with van der Waals surface area (Å²) in [6.45, 7) is 1.44. The van der Waals surface area contributed by atoms with Crippen LogP contribution in [0.15, 0.2) is 29.8 Å². The van der Waals surface area contributed by atoms with Gasteiger partial charge in [0.2, 0.25) is 0 Å². The van der Waals surface area contributed by atoms with Gasteiger partial charge in [0.1, 0.15) is 0 Å². The van der Waals surface area contributed by atoms with Gasteiger partial charge in [-0.15, -0.1) is 11.3 Å². The van der Waals surface area contributed by atoms with Crippen LogP contribution >= 0.6 is 11.3 Å². The number of likely N-dealkylation sites (tertiary alicyclic amines) is 1. The average molecular weight is 317 g/mol. The first kappa shape index (κ1) is 14.8. The van der Waals surface area contributed by atoms with E-state index >= 15 is 0 Å². The van der Waals surface area contributed by atoms with E-state index in [1.54, 1.807) is 19.3 Å². The van der Waals surface area contributed by atoms with Crippen LogP contribution in [0.5, 0.6) is 0 Å². The molecule has 0 spiro atoms. The molecule has 6 heteroatoms. The van der Waals surface area contributed by atoms with Gasteiger partial charge in [0.25, 0.3) is 11.8 Å². The van der Waals surface area contributed by atoms with Crippen molar-refractivity contribution in [3.63, 3.8) is 0 Å². The second-order valence-electron chi connectivity index (χ2n) is 5.45. The number of piperidine rings is 1. The Morgan fingerprint density at radius 1 is 1.41 bits per heavy atom. The van der Waals surface area contributed by atoms with Crippen molar-refractivity contribution in [2.24, 2.45) is 0 Å². The molecule has 22 heavy (non-hydrogen) atoms. The molecular formula is C16H19N3O2S. The molecule has 3 rings (SSSR count). The SMILES string of the molecule is CNC(=O)c1cc[nH]c1C1CCCN(C(=O)c2cccs2)C1. The average Bonchev–Trinajstić information content (AvgIpc) is 3.24. The summed E-state index contributed by atoms with van der Waals surface area (Å²) in [4.78, 5) is 30.3. The molecule has 1 aliphatic heterocycles. The Morgan fingerprint density at radius 2 is 2.27 bits per heavy atom. The fourth-order valence-electron chi connectivity index (χ4n) is 3.01. The van der Waals surface area contributed by atoms with Crippen molar-refractivity contribution in [2.75, 3.05) is 20.1 Å². The van der Waals surface area contributed by atoms with Crippen molar-refractivity contribution in [1.82, 2.24) is 15.2 Å². The van der Waals surface area contributed by atoms with Gasteiger partial charge in [-0.3, -0.25) is 9.59 Å². The Hall–Kier alpha value is -2.08. The summed E-state index contributed by atoms with van der Waals surface area (Å²) in [5.41, 5.74) is 1.61. The minimum Gasteiger partial charge on any atom is -0.364 e. The van der Waals surface area contributed by atoms with E-state index in [0.717, 1.165) is 30.0 Å². The lowest BCUT2D eigenvalue weighted by atomic mass is 9.92. The number of carbonyl (C=O) groups excluding carboxylic acids is 2. The zero-order chi connectivity index (χ0) is 15.5. The monoisotopic (exact) mass is 317 g/mol. The van der Waals surface area contributed by atoms with Crippen molar-refractivity contribution >= 4 is 23.2 Å². The van der Waals surface area contributed by atoms with Gasteiger partial charge in [0.15, 0.2) is 0 Å². The third-order valence-electron chi connectivity index (χ3n) is 4.10. The smallest absolute Gasteiger partial charge is 0.263 e. The first-order chi connectivity index (χ1) is 10.7. The Morgan fingerprint density at radius 3 is 3.00 bits per heavy atom. The molecule has 2 aromatic rings. The van der Waals surface area contributed by atoms with Crippen LogP contribution < -0.4 is 5.32 Å². The van der Waals surface area contributed by atoms with Gasteiger partial charge in [0.05, 0.1) is 10.4 Å². The van der Waals surface area contributed by atoms with E-state index in [9.17, 15) is 9.59 Å². The molecule has 0 aromatic carbocycles. The number of H-pyrrole nitrogens is 1. The zero-order valence-electron chi connectivity index (χ0n) is 12.5. The highest BCUT2D eigenvalue weighted by Crippen LogP contribution is 2.29. The molecule has 0 bridgehead atoms. The molecule has 1 fully saturated rings. The number of hydrogen-bond acceptors (Lipinski definition) is 3. The van der Waals surface area contributed by atoms with Gasteiger partial charge in [-0.1, -0.05) is 6.07 Å². The van der Waals surface area contributed by atoms with E-state index in [0.29, 0.717) is 12.1 Å². The highest BCUT2D eigenvalue weighted by Gasteiger charge is 2.28. The molecule has 1 atom stereocenters. The van der Waals surface area contributed by atoms with E-state index < -0.39 is 0 Å². The number of thiophene rings is 1. The van der Waals surface area contributed by atoms with Gasteiger partial charge < -0.3 is 15.2 Å². The standard InChI is InChI=1S/C16H19N3O2S/c1-17-15(20)12-6-7-18-14(12)11-4-2-8-19(10-11)16(21)13-5-3-9-22-13/h3,5-7,9,11,18H,2,4,8,10H2,1H3,(H,17,20). The summed E-state index contributed by atoms with van der Waals surface area (Å²) in [5.74, 6) is 0.186. The Kier molecular flexibility index (Phi) is 4.29. The Bertz CT molecular complexity index is 663. The quantitative estimate of drug-likeness (QED) is 0.913. The lowest BCUT2D eigenvalue weighted by Crippen LogP contribution is -2.39. The molecular weight excluding hydrogens is 298 g/mol. The summed E-state index contributed by atoms with van der Waals surface area (Å²) >= 11 is 1.47. The van der Waals surface area contributed by atoms with Gasteiger partial charge >= 0.3 is 0 Å². The Balaban J connectivity index is 1.78. The molecule has 5 nitrogen and oxygen atoms in total. The largest absolute Gasteiger partial charge is 0.364 e. The predicted molar refractivity (Wildman–Crippen MR) is 86.4 cm³/mol. The van der Waals surface area contributed by atoms with Gasteiger partial charge in [0, 0.05) is 37.9 Å². The normalized spacial score (nSPS) is 18.2. The van der Waals surface area contributed by atoms with E-state index in [1.807, 2.05) is 22.4 Å². The maximum atomic E-state index is 12.5. The number of aromatic nitrogens is 1. The maximum Gasteiger partial charge on any atom is 0.263 e. The first-order valence-electron chi connectivity index (χ1n) is 7.43. The lowest BCUT2D eigenvalue weighted by molar-refractivity contribution is 0.0711. The molecule has 116 valence electrons. The lowest BCUT2D eigenvalue weighted by Gasteiger charge is -2.32. The molecule has 2 aromatic heterocycles. The molecule has 2 N–H and O–H groups in total. The predicted octanol–water partition coefficient (Wildman–Crippen LogP) is 2.46. The van der Waals surface area contributed by atoms with Gasteiger partial charge in [-0.25, -0.2) is 0 Å². The van der Waals surface area contributed by atoms with Crippen LogP contribution in [0.25, 0.3) is 0 Å². The van der Waals surface area contributed by atoms with Crippen molar-refractivity contribution in [1.29, 1.82) is 0 Å². The number of nitrogens with zero attached hydrogens (tertiary/aromatic N) is 1. The summed E-state index contributed by atoms with van der Waals surface area (Å²) in [5, 5.41) is 4.59. The third kappa shape index (κ3) is 2.78. The number of amides is 2. The van der Waals surface area contributed by atoms with Gasteiger partial charge in [-0.2, -0.15) is 0 Å².